The second-order valence-corrected chi connectivity index (χ2v) is 11.6. The summed E-state index contributed by atoms with van der Waals surface area (Å²) < 4.78 is 26.5. The number of amides is 1. The number of halogens is 2. The Morgan fingerprint density at radius 1 is 1.03 bits per heavy atom. The monoisotopic (exact) mass is 543 g/mol. The molecule has 0 unspecified atom stereocenters. The minimum atomic E-state index is -3.60. The van der Waals surface area contributed by atoms with Crippen LogP contribution in [0.5, 0.6) is 0 Å². The Bertz CT molecular complexity index is 1190. The normalized spacial score (nSPS) is 11.6. The van der Waals surface area contributed by atoms with Crippen LogP contribution < -0.4 is 4.90 Å². The van der Waals surface area contributed by atoms with Gasteiger partial charge in [0.15, 0.2) is 15.0 Å². The SMILES string of the molecule is CCN(CC)CCN(C(=O)CCS(=O)(=O)c1ccc(Cl)cc1)c1nc2cc(C)c(C)cc2s1.Cl. The van der Waals surface area contributed by atoms with Crippen molar-refractivity contribution in [3.05, 3.63) is 52.5 Å². The van der Waals surface area contributed by atoms with Crippen LogP contribution in [-0.2, 0) is 14.6 Å². The molecule has 0 spiro atoms. The predicted octanol–water partition coefficient (Wildman–Crippen LogP) is 5.53. The van der Waals surface area contributed by atoms with Gasteiger partial charge in [-0.2, -0.15) is 0 Å². The molecular weight excluding hydrogens is 513 g/mol. The van der Waals surface area contributed by atoms with Crippen LogP contribution in [0.4, 0.5) is 5.13 Å². The molecular formula is C24H31Cl2N3O3S2. The van der Waals surface area contributed by atoms with Crippen molar-refractivity contribution in [3.63, 3.8) is 0 Å². The van der Waals surface area contributed by atoms with Gasteiger partial charge in [0.05, 0.1) is 20.9 Å². The number of anilines is 1. The van der Waals surface area contributed by atoms with Crippen LogP contribution in [0.2, 0.25) is 5.02 Å². The highest BCUT2D eigenvalue weighted by molar-refractivity contribution is 7.91. The van der Waals surface area contributed by atoms with Crippen LogP contribution in [0.1, 0.15) is 31.4 Å². The van der Waals surface area contributed by atoms with Gasteiger partial charge in [0.25, 0.3) is 0 Å². The Morgan fingerprint density at radius 2 is 1.65 bits per heavy atom. The van der Waals surface area contributed by atoms with Gasteiger partial charge in [-0.1, -0.05) is 36.8 Å². The quantitative estimate of drug-likeness (QED) is 0.336. The topological polar surface area (TPSA) is 70.6 Å². The maximum Gasteiger partial charge on any atom is 0.229 e. The predicted molar refractivity (Wildman–Crippen MR) is 145 cm³/mol. The van der Waals surface area contributed by atoms with Crippen molar-refractivity contribution < 1.29 is 13.2 Å². The summed E-state index contributed by atoms with van der Waals surface area (Å²) in [6.07, 6.45) is -0.114. The number of nitrogens with zero attached hydrogens (tertiary/aromatic N) is 3. The first-order valence-electron chi connectivity index (χ1n) is 11.0. The second-order valence-electron chi connectivity index (χ2n) is 8.00. The van der Waals surface area contributed by atoms with Gasteiger partial charge >= 0.3 is 0 Å². The fourth-order valence-electron chi connectivity index (χ4n) is 3.51. The lowest BCUT2D eigenvalue weighted by molar-refractivity contribution is -0.118. The molecule has 1 aromatic heterocycles. The van der Waals surface area contributed by atoms with Gasteiger partial charge in [0.2, 0.25) is 5.91 Å². The molecule has 2 aromatic carbocycles. The van der Waals surface area contributed by atoms with E-state index in [-0.39, 0.29) is 35.4 Å². The van der Waals surface area contributed by atoms with Gasteiger partial charge in [-0.25, -0.2) is 13.4 Å². The van der Waals surface area contributed by atoms with E-state index in [2.05, 4.69) is 31.7 Å². The van der Waals surface area contributed by atoms with E-state index >= 15 is 0 Å². The molecule has 6 nitrogen and oxygen atoms in total. The lowest BCUT2D eigenvalue weighted by Gasteiger charge is -2.24. The number of aryl methyl sites for hydroxylation is 2. The largest absolute Gasteiger partial charge is 0.302 e. The number of likely N-dealkylation sites (N-methyl/N-ethyl adjacent to an activating group) is 1. The van der Waals surface area contributed by atoms with Crippen LogP contribution >= 0.6 is 35.3 Å². The van der Waals surface area contributed by atoms with Crippen molar-refractivity contribution in [1.82, 2.24) is 9.88 Å². The third-order valence-electron chi connectivity index (χ3n) is 5.82. The molecule has 0 aliphatic carbocycles. The van der Waals surface area contributed by atoms with Crippen molar-refractivity contribution in [2.24, 2.45) is 0 Å². The molecule has 0 atom stereocenters. The summed E-state index contributed by atoms with van der Waals surface area (Å²) >= 11 is 7.34. The van der Waals surface area contributed by atoms with Crippen LogP contribution in [0.15, 0.2) is 41.3 Å². The van der Waals surface area contributed by atoms with E-state index in [0.29, 0.717) is 23.2 Å². The molecule has 3 rings (SSSR count). The minimum Gasteiger partial charge on any atom is -0.302 e. The number of aromatic nitrogens is 1. The van der Waals surface area contributed by atoms with E-state index in [1.54, 1.807) is 4.90 Å². The summed E-state index contributed by atoms with van der Waals surface area (Å²) in [4.78, 5) is 22.0. The lowest BCUT2D eigenvalue weighted by Crippen LogP contribution is -2.39. The minimum absolute atomic E-state index is 0. The number of carbonyl (C=O) groups is 1. The van der Waals surface area contributed by atoms with Gasteiger partial charge in [0, 0.05) is 24.5 Å². The third kappa shape index (κ3) is 6.92. The third-order valence-corrected chi connectivity index (χ3v) is 8.84. The summed E-state index contributed by atoms with van der Waals surface area (Å²) in [5.74, 6) is -0.509. The van der Waals surface area contributed by atoms with Crippen LogP contribution in [0.25, 0.3) is 10.2 Å². The number of hydrogen-bond donors (Lipinski definition) is 0. The molecule has 0 aliphatic heterocycles. The summed E-state index contributed by atoms with van der Waals surface area (Å²) in [6, 6.07) is 10.1. The number of carbonyl (C=O) groups excluding carboxylic acids is 1. The molecule has 1 amide bonds. The molecule has 0 bridgehead atoms. The first-order chi connectivity index (χ1) is 15.6. The molecule has 10 heteroatoms. The fraction of sp³-hybridized carbons (Fsp3) is 0.417. The molecule has 1 heterocycles. The fourth-order valence-corrected chi connectivity index (χ4v) is 5.95. The maximum atomic E-state index is 13.3. The maximum absolute atomic E-state index is 13.3. The lowest BCUT2D eigenvalue weighted by atomic mass is 10.1. The van der Waals surface area contributed by atoms with E-state index in [4.69, 9.17) is 16.6 Å². The number of fused-ring (bicyclic) bond motifs is 1. The Labute approximate surface area is 217 Å². The molecule has 0 fully saturated rings. The molecule has 34 heavy (non-hydrogen) atoms. The van der Waals surface area contributed by atoms with Gasteiger partial charge in [0.1, 0.15) is 0 Å². The van der Waals surface area contributed by atoms with E-state index in [9.17, 15) is 13.2 Å². The number of thiazole rings is 1. The van der Waals surface area contributed by atoms with Crippen molar-refractivity contribution in [3.8, 4) is 0 Å². The highest BCUT2D eigenvalue weighted by atomic mass is 35.5. The molecule has 186 valence electrons. The number of hydrogen-bond acceptors (Lipinski definition) is 6. The van der Waals surface area contributed by atoms with Crippen LogP contribution in [0, 0.1) is 13.8 Å². The number of benzene rings is 2. The summed E-state index contributed by atoms with van der Waals surface area (Å²) in [7, 11) is -3.60. The Hall–Kier alpha value is -1.71. The zero-order valence-corrected chi connectivity index (χ0v) is 23.1. The second kappa shape index (κ2) is 12.3. The van der Waals surface area contributed by atoms with Crippen molar-refractivity contribution in [2.75, 3.05) is 36.8 Å². The summed E-state index contributed by atoms with van der Waals surface area (Å²) in [5, 5.41) is 1.07. The Kier molecular flexibility index (Phi) is 10.3. The smallest absolute Gasteiger partial charge is 0.229 e. The molecule has 0 saturated heterocycles. The highest BCUT2D eigenvalue weighted by Gasteiger charge is 2.24. The first kappa shape index (κ1) is 28.5. The molecule has 0 N–H and O–H groups in total. The zero-order valence-electron chi connectivity index (χ0n) is 19.9. The molecule has 0 aliphatic rings. The zero-order chi connectivity index (χ0) is 24.2. The van der Waals surface area contributed by atoms with Crippen molar-refractivity contribution >= 4 is 66.4 Å². The van der Waals surface area contributed by atoms with Gasteiger partial charge in [-0.05, 0) is 74.5 Å². The van der Waals surface area contributed by atoms with Crippen LogP contribution in [0.3, 0.4) is 0 Å². The van der Waals surface area contributed by atoms with E-state index in [0.717, 1.165) is 28.9 Å². The van der Waals surface area contributed by atoms with E-state index in [1.165, 1.54) is 41.2 Å². The van der Waals surface area contributed by atoms with Crippen LogP contribution in [-0.4, -0.2) is 56.1 Å². The number of rotatable bonds is 10. The molecule has 3 aromatic rings. The molecule has 0 saturated carbocycles. The van der Waals surface area contributed by atoms with Crippen molar-refractivity contribution in [1.29, 1.82) is 0 Å². The van der Waals surface area contributed by atoms with Gasteiger partial charge in [-0.15, -0.1) is 12.4 Å². The average Bonchev–Trinajstić information content (AvgIpc) is 3.18. The summed E-state index contributed by atoms with van der Waals surface area (Å²) in [5.41, 5.74) is 3.18. The first-order valence-corrected chi connectivity index (χ1v) is 13.9. The average molecular weight is 545 g/mol. The standard InChI is InChI=1S/C24H30ClN3O3S2.ClH/c1-5-27(6-2)12-13-28(24-26-21-15-17(3)18(4)16-22(21)32-24)23(29)11-14-33(30,31)20-9-7-19(25)8-10-20;/h7-10,15-16H,5-6,11-14H2,1-4H3;1H. The molecule has 0 radical (unpaired) electrons. The van der Waals surface area contributed by atoms with Gasteiger partial charge < -0.3 is 4.90 Å². The summed E-state index contributed by atoms with van der Waals surface area (Å²) in [6.45, 7) is 11.2. The Balaban J connectivity index is 0.00000408. The van der Waals surface area contributed by atoms with Crippen molar-refractivity contribution in [2.45, 2.75) is 39.0 Å². The highest BCUT2D eigenvalue weighted by Crippen LogP contribution is 2.31. The van der Waals surface area contributed by atoms with Gasteiger partial charge in [-0.3, -0.25) is 9.69 Å². The number of sulfone groups is 1. The van der Waals surface area contributed by atoms with E-state index < -0.39 is 9.84 Å². The van der Waals surface area contributed by atoms with E-state index in [1.807, 2.05) is 13.0 Å². The Morgan fingerprint density at radius 3 is 2.26 bits per heavy atom.